The predicted molar refractivity (Wildman–Crippen MR) is 85.0 cm³/mol. The third-order valence-electron chi connectivity index (χ3n) is 3.10. The molecule has 0 fully saturated rings. The van der Waals surface area contributed by atoms with Crippen molar-refractivity contribution in [1.82, 2.24) is 14.8 Å². The highest BCUT2D eigenvalue weighted by Gasteiger charge is 2.37. The van der Waals surface area contributed by atoms with E-state index in [-0.39, 0.29) is 28.0 Å². The number of hydrogen-bond donors (Lipinski definition) is 1. The first-order valence-corrected chi connectivity index (χ1v) is 7.83. The molecule has 0 unspecified atom stereocenters. The number of nitrogens with zero attached hydrogens (tertiary/aromatic N) is 4. The van der Waals surface area contributed by atoms with Crippen molar-refractivity contribution in [2.75, 3.05) is 18.2 Å². The van der Waals surface area contributed by atoms with E-state index in [1.54, 1.807) is 0 Å². The van der Waals surface area contributed by atoms with Crippen molar-refractivity contribution < 1.29 is 27.6 Å². The second-order valence-electron chi connectivity index (χ2n) is 4.84. The minimum absolute atomic E-state index is 0.0599. The number of hydrogen-bond acceptors (Lipinski definition) is 7. The van der Waals surface area contributed by atoms with E-state index in [2.05, 4.69) is 15.5 Å². The molecule has 140 valence electrons. The molecule has 0 bridgehead atoms. The summed E-state index contributed by atoms with van der Waals surface area (Å²) in [6, 6.07) is 3.86. The summed E-state index contributed by atoms with van der Waals surface area (Å²) in [4.78, 5) is 22.3. The first-order valence-electron chi connectivity index (χ1n) is 6.85. The molecule has 2 aromatic rings. The van der Waals surface area contributed by atoms with E-state index >= 15 is 0 Å². The van der Waals surface area contributed by atoms with Crippen LogP contribution in [0.5, 0.6) is 5.75 Å². The van der Waals surface area contributed by atoms with E-state index in [1.807, 2.05) is 0 Å². The van der Waals surface area contributed by atoms with Gasteiger partial charge in [-0.3, -0.25) is 14.9 Å². The maximum Gasteiger partial charge on any atom is 0.451 e. The Labute approximate surface area is 148 Å². The van der Waals surface area contributed by atoms with Crippen molar-refractivity contribution in [3.63, 3.8) is 0 Å². The van der Waals surface area contributed by atoms with Crippen LogP contribution in [0.1, 0.15) is 5.82 Å². The number of alkyl halides is 3. The maximum absolute atomic E-state index is 12.6. The van der Waals surface area contributed by atoms with Gasteiger partial charge in [-0.15, -0.1) is 10.2 Å². The molecule has 0 aliphatic heterocycles. The SMILES string of the molecule is COc1ccc(NC(=O)CSc2nnc(C(F)(F)F)n2C)c([N+](=O)[O-])c1. The van der Waals surface area contributed by atoms with Crippen LogP contribution in [0.4, 0.5) is 24.5 Å². The highest BCUT2D eigenvalue weighted by molar-refractivity contribution is 7.99. The number of nitro groups is 1. The van der Waals surface area contributed by atoms with Crippen LogP contribution in [-0.2, 0) is 18.0 Å². The number of thioether (sulfide) groups is 1. The molecule has 0 radical (unpaired) electrons. The number of anilines is 1. The number of benzene rings is 1. The van der Waals surface area contributed by atoms with Crippen LogP contribution in [0.2, 0.25) is 0 Å². The molecule has 2 rings (SSSR count). The number of carbonyl (C=O) groups is 1. The summed E-state index contributed by atoms with van der Waals surface area (Å²) in [6.07, 6.45) is -4.66. The topological polar surface area (TPSA) is 112 Å². The molecule has 1 amide bonds. The minimum Gasteiger partial charge on any atom is -0.496 e. The smallest absolute Gasteiger partial charge is 0.451 e. The molecular weight excluding hydrogens is 379 g/mol. The number of methoxy groups -OCH3 is 1. The number of amides is 1. The summed E-state index contributed by atoms with van der Waals surface area (Å²) >= 11 is 0.716. The molecule has 0 aliphatic rings. The molecule has 0 saturated carbocycles. The zero-order valence-corrected chi connectivity index (χ0v) is 14.2. The van der Waals surface area contributed by atoms with Gasteiger partial charge in [0.25, 0.3) is 5.69 Å². The third kappa shape index (κ3) is 4.41. The Kier molecular flexibility index (Phi) is 5.69. The van der Waals surface area contributed by atoms with Gasteiger partial charge in [0.2, 0.25) is 11.7 Å². The lowest BCUT2D eigenvalue weighted by molar-refractivity contribution is -0.384. The summed E-state index contributed by atoms with van der Waals surface area (Å²) in [5, 5.41) is 19.7. The number of aromatic nitrogens is 3. The summed E-state index contributed by atoms with van der Waals surface area (Å²) in [5.74, 6) is -1.92. The molecule has 0 atom stereocenters. The van der Waals surface area contributed by atoms with Gasteiger partial charge >= 0.3 is 6.18 Å². The molecule has 0 aliphatic carbocycles. The van der Waals surface area contributed by atoms with E-state index in [0.717, 1.165) is 13.1 Å². The molecule has 1 N–H and O–H groups in total. The van der Waals surface area contributed by atoms with Crippen molar-refractivity contribution in [3.8, 4) is 5.75 Å². The number of halogens is 3. The Morgan fingerprint density at radius 2 is 2.12 bits per heavy atom. The quantitative estimate of drug-likeness (QED) is 0.457. The lowest BCUT2D eigenvalue weighted by atomic mass is 10.2. The van der Waals surface area contributed by atoms with Crippen molar-refractivity contribution in [1.29, 1.82) is 0 Å². The average molecular weight is 391 g/mol. The summed E-state index contributed by atoms with van der Waals surface area (Å²) in [5.41, 5.74) is -0.434. The number of ether oxygens (including phenoxy) is 1. The van der Waals surface area contributed by atoms with Crippen LogP contribution in [-0.4, -0.2) is 38.5 Å². The zero-order chi connectivity index (χ0) is 19.5. The third-order valence-corrected chi connectivity index (χ3v) is 4.12. The van der Waals surface area contributed by atoms with Gasteiger partial charge in [0.05, 0.1) is 23.9 Å². The fourth-order valence-corrected chi connectivity index (χ4v) is 2.61. The predicted octanol–water partition coefficient (Wildman–Crippen LogP) is 2.48. The van der Waals surface area contributed by atoms with Gasteiger partial charge in [-0.2, -0.15) is 13.2 Å². The number of rotatable bonds is 6. The van der Waals surface area contributed by atoms with Crippen LogP contribution < -0.4 is 10.1 Å². The molecule has 1 heterocycles. The van der Waals surface area contributed by atoms with Gasteiger partial charge in [-0.1, -0.05) is 11.8 Å². The Bertz CT molecular complexity index is 840. The summed E-state index contributed by atoms with van der Waals surface area (Å²) < 4.78 is 43.5. The lowest BCUT2D eigenvalue weighted by Gasteiger charge is -2.08. The second kappa shape index (κ2) is 7.59. The maximum atomic E-state index is 12.6. The number of nitro benzene ring substituents is 1. The minimum atomic E-state index is -4.66. The Morgan fingerprint density at radius 1 is 1.42 bits per heavy atom. The van der Waals surface area contributed by atoms with Gasteiger partial charge in [0.15, 0.2) is 5.16 Å². The Morgan fingerprint density at radius 3 is 2.65 bits per heavy atom. The van der Waals surface area contributed by atoms with E-state index in [0.29, 0.717) is 16.3 Å². The monoisotopic (exact) mass is 391 g/mol. The molecule has 1 aromatic carbocycles. The first kappa shape index (κ1) is 19.5. The van der Waals surface area contributed by atoms with Gasteiger partial charge in [-0.05, 0) is 12.1 Å². The van der Waals surface area contributed by atoms with Crippen molar-refractivity contribution >= 4 is 29.0 Å². The molecule has 1 aromatic heterocycles. The van der Waals surface area contributed by atoms with E-state index in [4.69, 9.17) is 4.74 Å². The van der Waals surface area contributed by atoms with Crippen LogP contribution in [0.15, 0.2) is 23.4 Å². The Hall–Kier alpha value is -2.83. The van der Waals surface area contributed by atoms with Crippen LogP contribution in [0, 0.1) is 10.1 Å². The van der Waals surface area contributed by atoms with Gasteiger partial charge < -0.3 is 14.6 Å². The van der Waals surface area contributed by atoms with Gasteiger partial charge in [0, 0.05) is 7.05 Å². The largest absolute Gasteiger partial charge is 0.496 e. The van der Waals surface area contributed by atoms with E-state index in [9.17, 15) is 28.1 Å². The van der Waals surface area contributed by atoms with Crippen LogP contribution in [0.3, 0.4) is 0 Å². The number of nitrogens with one attached hydrogen (secondary N) is 1. The number of carbonyl (C=O) groups excluding carboxylic acids is 1. The van der Waals surface area contributed by atoms with Gasteiger partial charge in [0.1, 0.15) is 11.4 Å². The van der Waals surface area contributed by atoms with Crippen molar-refractivity contribution in [2.45, 2.75) is 11.3 Å². The molecule has 0 saturated heterocycles. The van der Waals surface area contributed by atoms with Crippen molar-refractivity contribution in [3.05, 3.63) is 34.1 Å². The van der Waals surface area contributed by atoms with E-state index < -0.39 is 22.8 Å². The molecule has 0 spiro atoms. The van der Waals surface area contributed by atoms with Crippen molar-refractivity contribution in [2.24, 2.45) is 7.05 Å². The second-order valence-corrected chi connectivity index (χ2v) is 5.78. The first-order chi connectivity index (χ1) is 12.1. The lowest BCUT2D eigenvalue weighted by Crippen LogP contribution is -2.16. The van der Waals surface area contributed by atoms with Crippen LogP contribution >= 0.6 is 11.8 Å². The molecule has 26 heavy (non-hydrogen) atoms. The fraction of sp³-hybridized carbons (Fsp3) is 0.308. The molecular formula is C13H12F3N5O4S. The standard InChI is InChI=1S/C13H12F3N5O4S/c1-20-11(13(14,15)16)18-19-12(20)26-6-10(22)17-8-4-3-7(25-2)5-9(8)21(23)24/h3-5H,6H2,1-2H3,(H,17,22). The van der Waals surface area contributed by atoms with Gasteiger partial charge in [-0.25, -0.2) is 0 Å². The fourth-order valence-electron chi connectivity index (χ4n) is 1.90. The Balaban J connectivity index is 2.06. The zero-order valence-electron chi connectivity index (χ0n) is 13.4. The summed E-state index contributed by atoms with van der Waals surface area (Å²) in [7, 11) is 2.46. The molecule has 9 nitrogen and oxygen atoms in total. The normalized spacial score (nSPS) is 11.3. The molecule has 13 heteroatoms. The van der Waals surface area contributed by atoms with E-state index in [1.165, 1.54) is 19.2 Å². The highest BCUT2D eigenvalue weighted by Crippen LogP contribution is 2.31. The highest BCUT2D eigenvalue weighted by atomic mass is 32.2. The van der Waals surface area contributed by atoms with Crippen LogP contribution in [0.25, 0.3) is 0 Å². The average Bonchev–Trinajstić information content (AvgIpc) is 2.94. The summed E-state index contributed by atoms with van der Waals surface area (Å²) in [6.45, 7) is 0.